The molecule has 9 aromatic carbocycles. The monoisotopic (exact) mass is 785 g/mol. The summed E-state index contributed by atoms with van der Waals surface area (Å²) in [5.41, 5.74) is 22.0. The third kappa shape index (κ3) is 3.70. The molecule has 0 atom stereocenters. The second kappa shape index (κ2) is 11.1. The molecule has 62 heavy (non-hydrogen) atoms. The van der Waals surface area contributed by atoms with Crippen molar-refractivity contribution in [3.63, 3.8) is 0 Å². The van der Waals surface area contributed by atoms with Crippen LogP contribution in [-0.4, -0.2) is 24.7 Å². The molecule has 0 bridgehead atoms. The highest BCUT2D eigenvalue weighted by molar-refractivity contribution is 7.04. The number of para-hydroxylation sites is 6. The maximum absolute atomic E-state index is 7.44. The van der Waals surface area contributed by atoms with Crippen LogP contribution in [0.2, 0.25) is 0 Å². The van der Waals surface area contributed by atoms with E-state index in [0.717, 1.165) is 45.3 Å². The zero-order valence-corrected chi connectivity index (χ0v) is 33.2. The van der Waals surface area contributed by atoms with Gasteiger partial charge in [0.25, 0.3) is 20.1 Å². The molecule has 0 spiro atoms. The molecule has 8 heteroatoms. The first-order valence-electron chi connectivity index (χ1n) is 21.6. The van der Waals surface area contributed by atoms with Crippen LogP contribution in [0.1, 0.15) is 0 Å². The molecule has 0 amide bonds. The van der Waals surface area contributed by atoms with E-state index in [1.807, 2.05) is 0 Å². The molecule has 5 nitrogen and oxygen atoms in total. The molecule has 16 rings (SSSR count). The Morgan fingerprint density at radius 2 is 0.887 bits per heavy atom. The molecule has 6 aliphatic rings. The van der Waals surface area contributed by atoms with E-state index in [0.29, 0.717) is 0 Å². The molecule has 7 heterocycles. The predicted octanol–water partition coefficient (Wildman–Crippen LogP) is 6.74. The fraction of sp³-hybridized carbons (Fsp3) is 0. The van der Waals surface area contributed by atoms with E-state index in [4.69, 9.17) is 9.47 Å². The summed E-state index contributed by atoms with van der Waals surface area (Å²) < 4.78 is 17.1. The topological polar surface area (TPSA) is 29.9 Å². The third-order valence-electron chi connectivity index (χ3n) is 14.7. The minimum Gasteiger partial charge on any atom is -0.458 e. The number of nitrogens with zero attached hydrogens (tertiary/aromatic N) is 3. The Morgan fingerprint density at radius 1 is 0.339 bits per heavy atom. The summed E-state index contributed by atoms with van der Waals surface area (Å²) in [7, 11) is 0. The second-order valence-corrected chi connectivity index (χ2v) is 17.5. The van der Waals surface area contributed by atoms with Gasteiger partial charge in [-0.3, -0.25) is 0 Å². The fourth-order valence-electron chi connectivity index (χ4n) is 12.4. The minimum atomic E-state index is -0.0696. The molecule has 0 unspecified atom stereocenters. The van der Waals surface area contributed by atoms with Gasteiger partial charge >= 0.3 is 0 Å². The first-order valence-corrected chi connectivity index (χ1v) is 21.6. The highest BCUT2D eigenvalue weighted by atomic mass is 16.5. The van der Waals surface area contributed by atoms with Gasteiger partial charge in [0.05, 0.1) is 5.52 Å². The Hall–Kier alpha value is -7.83. The first-order chi connectivity index (χ1) is 30.8. The molecule has 6 aliphatic heterocycles. The SMILES string of the molecule is c1ccc(N2c3ccccc3B3c4cc5c(cc4Oc4cccc2c43)B2c3ccccc3N3c4ccccc4B4c6c(cc(c2c63)O5)-n2c3ccccc3c3cccc4c32)cc1. The Balaban J connectivity index is 0.980. The van der Waals surface area contributed by atoms with E-state index in [9.17, 15) is 0 Å². The number of ether oxygens (including phenoxy) is 2. The average molecular weight is 785 g/mol. The summed E-state index contributed by atoms with van der Waals surface area (Å²) in [4.78, 5) is 4.93. The Kier molecular flexibility index (Phi) is 5.73. The number of hydrogen-bond donors (Lipinski definition) is 0. The van der Waals surface area contributed by atoms with E-state index < -0.39 is 0 Å². The lowest BCUT2D eigenvalue weighted by molar-refractivity contribution is 0.476. The molecule has 1 aromatic heterocycles. The van der Waals surface area contributed by atoms with Gasteiger partial charge in [-0.15, -0.1) is 0 Å². The van der Waals surface area contributed by atoms with Gasteiger partial charge in [0, 0.05) is 62.2 Å². The summed E-state index contributed by atoms with van der Waals surface area (Å²) >= 11 is 0. The van der Waals surface area contributed by atoms with Gasteiger partial charge in [0.15, 0.2) is 0 Å². The zero-order valence-electron chi connectivity index (χ0n) is 33.2. The Labute approximate surface area is 358 Å². The molecule has 0 saturated carbocycles. The van der Waals surface area contributed by atoms with Crippen LogP contribution in [0.4, 0.5) is 34.1 Å². The molecular weight excluding hydrogens is 755 g/mol. The summed E-state index contributed by atoms with van der Waals surface area (Å²) in [5.74, 6) is 3.58. The average Bonchev–Trinajstić information content (AvgIpc) is 3.67. The molecule has 0 aliphatic carbocycles. The summed E-state index contributed by atoms with van der Waals surface area (Å²) in [5, 5.41) is 2.56. The lowest BCUT2D eigenvalue weighted by Gasteiger charge is -2.47. The van der Waals surface area contributed by atoms with E-state index in [1.165, 1.54) is 88.5 Å². The lowest BCUT2D eigenvalue weighted by Crippen LogP contribution is -2.67. The molecule has 0 radical (unpaired) electrons. The van der Waals surface area contributed by atoms with Crippen LogP contribution >= 0.6 is 0 Å². The van der Waals surface area contributed by atoms with Gasteiger partial charge < -0.3 is 23.8 Å². The highest BCUT2D eigenvalue weighted by Crippen LogP contribution is 2.47. The normalized spacial score (nSPS) is 14.5. The third-order valence-corrected chi connectivity index (χ3v) is 14.7. The van der Waals surface area contributed by atoms with Crippen LogP contribution < -0.4 is 68.4 Å². The summed E-state index contributed by atoms with van der Waals surface area (Å²) in [6, 6.07) is 66.9. The van der Waals surface area contributed by atoms with Crippen molar-refractivity contribution in [3.05, 3.63) is 182 Å². The summed E-state index contributed by atoms with van der Waals surface area (Å²) in [6.45, 7) is -0.0478. The minimum absolute atomic E-state index is 0.0384. The quantitative estimate of drug-likeness (QED) is 0.173. The van der Waals surface area contributed by atoms with Gasteiger partial charge in [-0.1, -0.05) is 115 Å². The molecule has 0 N–H and O–H groups in total. The smallest absolute Gasteiger partial charge is 0.256 e. The van der Waals surface area contributed by atoms with Gasteiger partial charge in [0.1, 0.15) is 23.0 Å². The Bertz CT molecular complexity index is 3710. The van der Waals surface area contributed by atoms with Crippen molar-refractivity contribution < 1.29 is 9.47 Å². The van der Waals surface area contributed by atoms with Crippen LogP contribution in [0.25, 0.3) is 27.5 Å². The van der Waals surface area contributed by atoms with E-state index in [-0.39, 0.29) is 20.1 Å². The van der Waals surface area contributed by atoms with Crippen molar-refractivity contribution in [2.45, 2.75) is 0 Å². The van der Waals surface area contributed by atoms with E-state index >= 15 is 0 Å². The Morgan fingerprint density at radius 3 is 1.63 bits per heavy atom. The van der Waals surface area contributed by atoms with Crippen LogP contribution in [0, 0.1) is 0 Å². The van der Waals surface area contributed by atoms with Crippen molar-refractivity contribution in [1.82, 2.24) is 4.57 Å². The van der Waals surface area contributed by atoms with E-state index in [1.54, 1.807) is 0 Å². The van der Waals surface area contributed by atoms with Crippen LogP contribution in [0.5, 0.6) is 23.0 Å². The van der Waals surface area contributed by atoms with Crippen molar-refractivity contribution >= 4 is 125 Å². The van der Waals surface area contributed by atoms with E-state index in [2.05, 4.69) is 196 Å². The number of benzene rings is 9. The highest BCUT2D eigenvalue weighted by Gasteiger charge is 2.51. The maximum atomic E-state index is 7.44. The second-order valence-electron chi connectivity index (χ2n) is 17.5. The number of rotatable bonds is 1. The summed E-state index contributed by atoms with van der Waals surface area (Å²) in [6.07, 6.45) is 0. The lowest BCUT2D eigenvalue weighted by atomic mass is 9.29. The van der Waals surface area contributed by atoms with Crippen molar-refractivity contribution in [3.8, 4) is 28.7 Å². The van der Waals surface area contributed by atoms with Crippen LogP contribution in [0.3, 0.4) is 0 Å². The molecule has 10 aromatic rings. The number of aromatic nitrogens is 1. The first kappa shape index (κ1) is 32.0. The van der Waals surface area contributed by atoms with Gasteiger partial charge in [-0.25, -0.2) is 0 Å². The van der Waals surface area contributed by atoms with Gasteiger partial charge in [-0.05, 0) is 110 Å². The number of hydrogen-bond acceptors (Lipinski definition) is 4. The van der Waals surface area contributed by atoms with Gasteiger partial charge in [-0.2, -0.15) is 0 Å². The fourth-order valence-corrected chi connectivity index (χ4v) is 12.4. The molecule has 282 valence electrons. The van der Waals surface area contributed by atoms with Crippen molar-refractivity contribution in [2.24, 2.45) is 0 Å². The zero-order chi connectivity index (χ0) is 39.9. The van der Waals surface area contributed by atoms with Crippen LogP contribution in [-0.2, 0) is 0 Å². The molecule has 0 fully saturated rings. The van der Waals surface area contributed by atoms with Crippen molar-refractivity contribution in [2.75, 3.05) is 9.80 Å². The molecule has 0 saturated heterocycles. The molecular formula is C54H30B3N3O2. The predicted molar refractivity (Wildman–Crippen MR) is 257 cm³/mol. The standard InChI is InChI=1S/C54H30B3N3O2/c1-2-14-31(15-3-1)58-41-23-9-5-18-34(41)56-38-28-48-39(29-47(38)61-46-27-13-26-44(58)50(46)56)57-36-20-7-11-25-43(36)60-42-24-10-6-19-35(42)55-37-21-12-17-33-32-16-4-8-22-40(32)59(53(33)37)45-30-49(62-48)52(57)54(60)51(45)55/h1-30H. The maximum Gasteiger partial charge on any atom is 0.256 e. The van der Waals surface area contributed by atoms with Gasteiger partial charge in [0.2, 0.25) is 0 Å². The number of anilines is 6. The largest absolute Gasteiger partial charge is 0.458 e. The number of fused-ring (bicyclic) bond motifs is 17. The van der Waals surface area contributed by atoms with Crippen LogP contribution in [0.15, 0.2) is 182 Å². The van der Waals surface area contributed by atoms with Crippen molar-refractivity contribution in [1.29, 1.82) is 0 Å².